The van der Waals surface area contributed by atoms with Crippen LogP contribution in [0.15, 0.2) is 48.6 Å². The highest BCUT2D eigenvalue weighted by atomic mass is 19.2. The predicted octanol–water partition coefficient (Wildman–Crippen LogP) is 3.88. The first-order chi connectivity index (χ1) is 13.4. The molecule has 2 atom stereocenters. The van der Waals surface area contributed by atoms with E-state index in [1.807, 2.05) is 0 Å². The van der Waals surface area contributed by atoms with E-state index in [1.165, 1.54) is 24.3 Å². The average molecular weight is 389 g/mol. The van der Waals surface area contributed by atoms with E-state index < -0.39 is 47.8 Å². The molecule has 4 nitrogen and oxygen atoms in total. The number of amides is 1. The van der Waals surface area contributed by atoms with Gasteiger partial charge in [0.2, 0.25) is 5.91 Å². The van der Waals surface area contributed by atoms with E-state index in [-0.39, 0.29) is 16.7 Å². The van der Waals surface area contributed by atoms with Crippen LogP contribution in [-0.4, -0.2) is 11.9 Å². The van der Waals surface area contributed by atoms with Crippen LogP contribution in [0, 0.1) is 29.3 Å². The molecule has 1 aliphatic rings. The van der Waals surface area contributed by atoms with Gasteiger partial charge in [-0.25, -0.2) is 13.2 Å². The van der Waals surface area contributed by atoms with E-state index in [0.29, 0.717) is 12.8 Å². The van der Waals surface area contributed by atoms with E-state index in [1.54, 1.807) is 12.2 Å². The zero-order valence-electron chi connectivity index (χ0n) is 14.8. The summed E-state index contributed by atoms with van der Waals surface area (Å²) in [6, 6.07) is 7.40. The van der Waals surface area contributed by atoms with E-state index in [0.717, 1.165) is 12.1 Å². The molecule has 7 heteroatoms. The van der Waals surface area contributed by atoms with E-state index in [9.17, 15) is 22.8 Å². The Labute approximate surface area is 159 Å². The molecule has 0 unspecified atom stereocenters. The first kappa shape index (κ1) is 19.7. The van der Waals surface area contributed by atoms with Crippen molar-refractivity contribution in [1.82, 2.24) is 0 Å². The summed E-state index contributed by atoms with van der Waals surface area (Å²) < 4.78 is 46.7. The number of hydrogen-bond acceptors (Lipinski definition) is 3. The van der Waals surface area contributed by atoms with Crippen molar-refractivity contribution in [1.29, 1.82) is 0 Å². The van der Waals surface area contributed by atoms with Crippen molar-refractivity contribution >= 4 is 11.9 Å². The minimum Gasteiger partial charge on any atom is -0.460 e. The maximum atomic E-state index is 14.1. The van der Waals surface area contributed by atoms with Gasteiger partial charge in [0.05, 0.1) is 11.8 Å². The highest BCUT2D eigenvalue weighted by molar-refractivity contribution is 5.84. The molecule has 0 radical (unpaired) electrons. The second kappa shape index (κ2) is 8.29. The molecule has 0 bridgehead atoms. The van der Waals surface area contributed by atoms with Crippen LogP contribution in [0.1, 0.15) is 18.4 Å². The molecule has 0 fully saturated rings. The molecule has 0 heterocycles. The molecule has 0 saturated carbocycles. The molecule has 0 aliphatic heterocycles. The van der Waals surface area contributed by atoms with Crippen molar-refractivity contribution < 1.29 is 27.5 Å². The second-order valence-corrected chi connectivity index (χ2v) is 6.57. The standard InChI is InChI=1S/C21H18F3NO3/c22-17-9-8-12(14-6-3-7-18(23)19(14)24)10-13(17)11-28-21(27)16-5-2-1-4-15(16)20(25)26/h1-3,6-10,15-16H,4-5,11H2,(H2,25,26)/t15-,16+/m1/s1. The number of benzene rings is 2. The van der Waals surface area contributed by atoms with E-state index >= 15 is 0 Å². The van der Waals surface area contributed by atoms with Crippen molar-refractivity contribution in [3.8, 4) is 11.1 Å². The zero-order valence-corrected chi connectivity index (χ0v) is 14.8. The highest BCUT2D eigenvalue weighted by Crippen LogP contribution is 2.29. The van der Waals surface area contributed by atoms with Crippen molar-refractivity contribution in [2.45, 2.75) is 19.4 Å². The smallest absolute Gasteiger partial charge is 0.310 e. The summed E-state index contributed by atoms with van der Waals surface area (Å²) in [5.41, 5.74) is 5.56. The van der Waals surface area contributed by atoms with Crippen LogP contribution in [0.25, 0.3) is 11.1 Å². The van der Waals surface area contributed by atoms with Crippen molar-refractivity contribution in [3.63, 3.8) is 0 Å². The summed E-state index contributed by atoms with van der Waals surface area (Å²) in [6.45, 7) is -0.402. The van der Waals surface area contributed by atoms with Crippen molar-refractivity contribution in [2.24, 2.45) is 17.6 Å². The maximum absolute atomic E-state index is 14.1. The number of ether oxygens (including phenoxy) is 1. The molecule has 146 valence electrons. The lowest BCUT2D eigenvalue weighted by Crippen LogP contribution is -2.36. The zero-order chi connectivity index (χ0) is 20.3. The number of esters is 1. The lowest BCUT2D eigenvalue weighted by molar-refractivity contribution is -0.154. The Bertz CT molecular complexity index is 942. The third-order valence-corrected chi connectivity index (χ3v) is 4.78. The van der Waals surface area contributed by atoms with Crippen LogP contribution < -0.4 is 5.73 Å². The van der Waals surface area contributed by atoms with Gasteiger partial charge in [0.15, 0.2) is 11.6 Å². The first-order valence-electron chi connectivity index (χ1n) is 8.72. The Morgan fingerprint density at radius 3 is 2.43 bits per heavy atom. The summed E-state index contributed by atoms with van der Waals surface area (Å²) in [6.07, 6.45) is 4.19. The third kappa shape index (κ3) is 4.08. The van der Waals surface area contributed by atoms with Crippen LogP contribution in [0.2, 0.25) is 0 Å². The summed E-state index contributed by atoms with van der Waals surface area (Å²) in [4.78, 5) is 23.9. The monoisotopic (exact) mass is 389 g/mol. The molecule has 1 amide bonds. The first-order valence-corrected chi connectivity index (χ1v) is 8.72. The normalized spacial score (nSPS) is 18.7. The molecule has 3 rings (SSSR count). The fraction of sp³-hybridized carbons (Fsp3) is 0.238. The van der Waals surface area contributed by atoms with E-state index in [2.05, 4.69) is 0 Å². The van der Waals surface area contributed by atoms with Gasteiger partial charge in [-0.05, 0) is 36.6 Å². The number of nitrogens with two attached hydrogens (primary N) is 1. The second-order valence-electron chi connectivity index (χ2n) is 6.57. The Kier molecular flexibility index (Phi) is 5.82. The fourth-order valence-corrected chi connectivity index (χ4v) is 3.22. The van der Waals surface area contributed by atoms with Crippen LogP contribution >= 0.6 is 0 Å². The highest BCUT2D eigenvalue weighted by Gasteiger charge is 2.34. The average Bonchev–Trinajstić information content (AvgIpc) is 2.69. The Hall–Kier alpha value is -3.09. The van der Waals surface area contributed by atoms with Crippen LogP contribution in [-0.2, 0) is 20.9 Å². The van der Waals surface area contributed by atoms with Crippen LogP contribution in [0.5, 0.6) is 0 Å². The Balaban J connectivity index is 1.77. The minimum atomic E-state index is -1.05. The van der Waals surface area contributed by atoms with Crippen LogP contribution in [0.4, 0.5) is 13.2 Å². The van der Waals surface area contributed by atoms with Gasteiger partial charge in [0.25, 0.3) is 0 Å². The van der Waals surface area contributed by atoms with Gasteiger partial charge < -0.3 is 10.5 Å². The number of hydrogen-bond donors (Lipinski definition) is 1. The van der Waals surface area contributed by atoms with Gasteiger partial charge in [0.1, 0.15) is 12.4 Å². The molecule has 2 N–H and O–H groups in total. The Morgan fingerprint density at radius 2 is 1.71 bits per heavy atom. The predicted molar refractivity (Wildman–Crippen MR) is 96.1 cm³/mol. The lowest BCUT2D eigenvalue weighted by Gasteiger charge is -2.24. The number of primary amides is 1. The summed E-state index contributed by atoms with van der Waals surface area (Å²) in [5, 5.41) is 0. The summed E-state index contributed by atoms with van der Waals surface area (Å²) in [5.74, 6) is -5.36. The largest absolute Gasteiger partial charge is 0.460 e. The van der Waals surface area contributed by atoms with Gasteiger partial charge in [-0.1, -0.05) is 30.4 Å². The molecule has 1 aliphatic carbocycles. The molecule has 2 aromatic carbocycles. The van der Waals surface area contributed by atoms with Crippen molar-refractivity contribution in [2.75, 3.05) is 0 Å². The van der Waals surface area contributed by atoms with Gasteiger partial charge in [-0.2, -0.15) is 0 Å². The SMILES string of the molecule is NC(=O)[C@@H]1CC=CC[C@@H]1C(=O)OCc1cc(-c2cccc(F)c2F)ccc1F. The molecule has 28 heavy (non-hydrogen) atoms. The topological polar surface area (TPSA) is 69.4 Å². The third-order valence-electron chi connectivity index (χ3n) is 4.78. The van der Waals surface area contributed by atoms with Gasteiger partial charge in [0, 0.05) is 11.1 Å². The quantitative estimate of drug-likeness (QED) is 0.623. The molecular weight excluding hydrogens is 371 g/mol. The van der Waals surface area contributed by atoms with Crippen LogP contribution in [0.3, 0.4) is 0 Å². The minimum absolute atomic E-state index is 0.0106. The lowest BCUT2D eigenvalue weighted by atomic mass is 9.82. The summed E-state index contributed by atoms with van der Waals surface area (Å²) >= 11 is 0. The molecule has 0 spiro atoms. The van der Waals surface area contributed by atoms with E-state index in [4.69, 9.17) is 10.5 Å². The molecule has 0 aromatic heterocycles. The maximum Gasteiger partial charge on any atom is 0.310 e. The van der Waals surface area contributed by atoms with Gasteiger partial charge in [-0.15, -0.1) is 0 Å². The van der Waals surface area contributed by atoms with Gasteiger partial charge in [-0.3, -0.25) is 9.59 Å². The number of halogens is 3. The summed E-state index contributed by atoms with van der Waals surface area (Å²) in [7, 11) is 0. The number of carbonyl (C=O) groups is 2. The Morgan fingerprint density at radius 1 is 1.00 bits per heavy atom. The molecule has 2 aromatic rings. The molecule has 0 saturated heterocycles. The number of carbonyl (C=O) groups excluding carboxylic acids is 2. The van der Waals surface area contributed by atoms with Crippen molar-refractivity contribution in [3.05, 3.63) is 71.6 Å². The number of rotatable bonds is 5. The number of allylic oxidation sites excluding steroid dienone is 2. The molecular formula is C21H18F3NO3. The van der Waals surface area contributed by atoms with Gasteiger partial charge >= 0.3 is 5.97 Å². The fourth-order valence-electron chi connectivity index (χ4n) is 3.22.